The normalized spacial score (nSPS) is 14.7. The third kappa shape index (κ3) is 2.82. The molecule has 1 aromatic carbocycles. The molecule has 4 rings (SSSR count). The minimum Gasteiger partial charge on any atom is -0.375 e. The van der Waals surface area contributed by atoms with Crippen LogP contribution in [-0.4, -0.2) is 27.3 Å². The van der Waals surface area contributed by atoms with Gasteiger partial charge in [0.25, 0.3) is 11.8 Å². The first kappa shape index (κ1) is 16.9. The van der Waals surface area contributed by atoms with E-state index < -0.39 is 17.3 Å². The SMILES string of the molecule is CC(F)(F)c1cc(F)cc2[nH]c(C(=O)N3CCc4nc(N)sc4C3)cc12. The summed E-state index contributed by atoms with van der Waals surface area (Å²) in [6.07, 6.45) is 0.585. The second-order valence-electron chi connectivity index (χ2n) is 6.38. The fourth-order valence-electron chi connectivity index (χ4n) is 3.24. The van der Waals surface area contributed by atoms with E-state index in [-0.39, 0.29) is 22.5 Å². The molecule has 0 saturated heterocycles. The maximum atomic E-state index is 13.8. The van der Waals surface area contributed by atoms with E-state index in [1.165, 1.54) is 17.4 Å². The van der Waals surface area contributed by atoms with Gasteiger partial charge < -0.3 is 15.6 Å². The van der Waals surface area contributed by atoms with Gasteiger partial charge in [-0.05, 0) is 18.2 Å². The van der Waals surface area contributed by atoms with E-state index in [1.54, 1.807) is 4.90 Å². The van der Waals surface area contributed by atoms with Crippen molar-refractivity contribution in [2.24, 2.45) is 0 Å². The van der Waals surface area contributed by atoms with Crippen molar-refractivity contribution in [3.05, 3.63) is 45.8 Å². The van der Waals surface area contributed by atoms with Gasteiger partial charge in [-0.15, -0.1) is 11.3 Å². The molecule has 0 unspecified atom stereocenters. The standard InChI is InChI=1S/C17H15F3N4OS/c1-17(19,20)10-4-8(18)5-12-9(10)6-13(22-12)15(25)24-3-2-11-14(7-24)26-16(21)23-11/h4-6,22H,2-3,7H2,1H3,(H2,21,23). The van der Waals surface area contributed by atoms with Crippen LogP contribution >= 0.6 is 11.3 Å². The van der Waals surface area contributed by atoms with Crippen LogP contribution in [0.25, 0.3) is 10.9 Å². The van der Waals surface area contributed by atoms with E-state index in [0.717, 1.165) is 22.7 Å². The molecule has 3 heterocycles. The molecule has 0 spiro atoms. The summed E-state index contributed by atoms with van der Waals surface area (Å²) in [6.45, 7) is 1.52. The maximum Gasteiger partial charge on any atom is 0.271 e. The maximum absolute atomic E-state index is 13.8. The van der Waals surface area contributed by atoms with Crippen molar-refractivity contribution in [1.29, 1.82) is 0 Å². The van der Waals surface area contributed by atoms with Crippen molar-refractivity contribution in [2.45, 2.75) is 25.8 Å². The number of hydrogen-bond acceptors (Lipinski definition) is 4. The third-order valence-corrected chi connectivity index (χ3v) is 5.35. The van der Waals surface area contributed by atoms with E-state index >= 15 is 0 Å². The number of thiazole rings is 1. The Morgan fingerprint density at radius 1 is 1.38 bits per heavy atom. The van der Waals surface area contributed by atoms with Gasteiger partial charge in [-0.3, -0.25) is 4.79 Å². The van der Waals surface area contributed by atoms with Crippen molar-refractivity contribution in [1.82, 2.24) is 14.9 Å². The number of H-pyrrole nitrogens is 1. The number of carbonyl (C=O) groups is 1. The Kier molecular flexibility index (Phi) is 3.72. The van der Waals surface area contributed by atoms with Gasteiger partial charge in [-0.1, -0.05) is 0 Å². The number of anilines is 1. The number of nitrogens with two attached hydrogens (primary N) is 1. The van der Waals surface area contributed by atoms with Gasteiger partial charge in [-0.2, -0.15) is 0 Å². The largest absolute Gasteiger partial charge is 0.375 e. The van der Waals surface area contributed by atoms with E-state index in [1.807, 2.05) is 0 Å². The summed E-state index contributed by atoms with van der Waals surface area (Å²) in [5, 5.41) is 0.599. The number of fused-ring (bicyclic) bond motifs is 2. The Bertz CT molecular complexity index is 1020. The molecule has 0 saturated carbocycles. The second-order valence-corrected chi connectivity index (χ2v) is 7.50. The predicted molar refractivity (Wildman–Crippen MR) is 92.8 cm³/mol. The number of aromatic amines is 1. The number of benzene rings is 1. The fourth-order valence-corrected chi connectivity index (χ4v) is 4.13. The van der Waals surface area contributed by atoms with E-state index in [2.05, 4.69) is 9.97 Å². The van der Waals surface area contributed by atoms with Crippen molar-refractivity contribution < 1.29 is 18.0 Å². The summed E-state index contributed by atoms with van der Waals surface area (Å²) in [7, 11) is 0. The zero-order valence-electron chi connectivity index (χ0n) is 13.8. The summed E-state index contributed by atoms with van der Waals surface area (Å²) in [4.78, 5) is 22.3. The number of nitrogens with zero attached hydrogens (tertiary/aromatic N) is 2. The fraction of sp³-hybridized carbons (Fsp3) is 0.294. The molecule has 0 fully saturated rings. The van der Waals surface area contributed by atoms with E-state index in [0.29, 0.717) is 31.6 Å². The molecule has 1 aliphatic heterocycles. The minimum atomic E-state index is -3.22. The van der Waals surface area contributed by atoms with Crippen LogP contribution in [0.5, 0.6) is 0 Å². The average Bonchev–Trinajstić information content (AvgIpc) is 3.13. The lowest BCUT2D eigenvalue weighted by Crippen LogP contribution is -2.35. The molecule has 1 aliphatic rings. The van der Waals surface area contributed by atoms with Gasteiger partial charge in [0, 0.05) is 41.2 Å². The second kappa shape index (κ2) is 5.73. The first-order valence-corrected chi connectivity index (χ1v) is 8.78. The molecule has 0 atom stereocenters. The Labute approximate surface area is 150 Å². The average molecular weight is 380 g/mol. The van der Waals surface area contributed by atoms with Crippen LogP contribution in [0.2, 0.25) is 0 Å². The molecular weight excluding hydrogens is 365 g/mol. The van der Waals surface area contributed by atoms with Gasteiger partial charge >= 0.3 is 0 Å². The highest BCUT2D eigenvalue weighted by Crippen LogP contribution is 2.35. The Hall–Kier alpha value is -2.55. The smallest absolute Gasteiger partial charge is 0.271 e. The van der Waals surface area contributed by atoms with Gasteiger partial charge in [0.05, 0.1) is 12.2 Å². The van der Waals surface area contributed by atoms with Crippen molar-refractivity contribution >= 4 is 33.3 Å². The number of nitrogens with one attached hydrogen (secondary N) is 1. The van der Waals surface area contributed by atoms with Crippen LogP contribution in [0.1, 0.15) is 33.5 Å². The number of alkyl halides is 2. The molecule has 1 amide bonds. The molecule has 0 aliphatic carbocycles. The molecule has 26 heavy (non-hydrogen) atoms. The molecule has 3 aromatic rings. The van der Waals surface area contributed by atoms with Gasteiger partial charge in [0.1, 0.15) is 11.5 Å². The number of nitrogen functional groups attached to an aromatic ring is 1. The summed E-state index contributed by atoms with van der Waals surface area (Å²) < 4.78 is 41.3. The topological polar surface area (TPSA) is 75.0 Å². The molecular formula is C17H15F3N4OS. The van der Waals surface area contributed by atoms with Crippen LogP contribution in [-0.2, 0) is 18.9 Å². The number of aromatic nitrogens is 2. The van der Waals surface area contributed by atoms with E-state index in [4.69, 9.17) is 5.73 Å². The number of rotatable bonds is 2. The zero-order valence-corrected chi connectivity index (χ0v) is 14.6. The number of carbonyl (C=O) groups excluding carboxylic acids is 1. The molecule has 0 radical (unpaired) electrons. The van der Waals surface area contributed by atoms with E-state index in [9.17, 15) is 18.0 Å². The Morgan fingerprint density at radius 3 is 2.88 bits per heavy atom. The number of hydrogen-bond donors (Lipinski definition) is 2. The summed E-state index contributed by atoms with van der Waals surface area (Å²) in [6, 6.07) is 3.28. The molecule has 2 aromatic heterocycles. The predicted octanol–water partition coefficient (Wildman–Crippen LogP) is 3.66. The number of amides is 1. The van der Waals surface area contributed by atoms with Crippen LogP contribution in [0.3, 0.4) is 0 Å². The highest BCUT2D eigenvalue weighted by atomic mass is 32.1. The monoisotopic (exact) mass is 380 g/mol. The third-order valence-electron chi connectivity index (χ3n) is 4.44. The molecule has 0 bridgehead atoms. The zero-order chi connectivity index (χ0) is 18.6. The summed E-state index contributed by atoms with van der Waals surface area (Å²) in [5.41, 5.74) is 6.47. The van der Waals surface area contributed by atoms with Gasteiger partial charge in [0.15, 0.2) is 5.13 Å². The Balaban J connectivity index is 1.70. The van der Waals surface area contributed by atoms with Crippen molar-refractivity contribution in [2.75, 3.05) is 12.3 Å². The van der Waals surface area contributed by atoms with Crippen LogP contribution < -0.4 is 5.73 Å². The lowest BCUT2D eigenvalue weighted by atomic mass is 10.0. The number of halogens is 3. The highest BCUT2D eigenvalue weighted by Gasteiger charge is 2.30. The lowest BCUT2D eigenvalue weighted by molar-refractivity contribution is 0.0188. The molecule has 3 N–H and O–H groups in total. The quantitative estimate of drug-likeness (QED) is 0.713. The molecule has 5 nitrogen and oxygen atoms in total. The van der Waals surface area contributed by atoms with Crippen molar-refractivity contribution in [3.8, 4) is 0 Å². The molecule has 136 valence electrons. The van der Waals surface area contributed by atoms with Crippen LogP contribution in [0, 0.1) is 5.82 Å². The lowest BCUT2D eigenvalue weighted by Gasteiger charge is -2.25. The summed E-state index contributed by atoms with van der Waals surface area (Å²) in [5.74, 6) is -4.33. The first-order valence-electron chi connectivity index (χ1n) is 7.96. The first-order chi connectivity index (χ1) is 12.2. The Morgan fingerprint density at radius 2 is 2.15 bits per heavy atom. The van der Waals surface area contributed by atoms with Gasteiger partial charge in [0.2, 0.25) is 0 Å². The minimum absolute atomic E-state index is 0.141. The van der Waals surface area contributed by atoms with Crippen LogP contribution in [0.4, 0.5) is 18.3 Å². The highest BCUT2D eigenvalue weighted by molar-refractivity contribution is 7.15. The molecule has 9 heteroatoms. The van der Waals surface area contributed by atoms with Crippen LogP contribution in [0.15, 0.2) is 18.2 Å². The van der Waals surface area contributed by atoms with Gasteiger partial charge in [-0.25, -0.2) is 18.2 Å². The van der Waals surface area contributed by atoms with Crippen molar-refractivity contribution in [3.63, 3.8) is 0 Å². The summed E-state index contributed by atoms with van der Waals surface area (Å²) >= 11 is 1.33.